The van der Waals surface area contributed by atoms with Gasteiger partial charge in [-0.15, -0.1) is 0 Å². The van der Waals surface area contributed by atoms with Gasteiger partial charge in [-0.05, 0) is 31.0 Å². The molecule has 2 heterocycles. The fourth-order valence-corrected chi connectivity index (χ4v) is 4.81. The average molecular weight is 416 g/mol. The number of H-pyrrole nitrogens is 1. The Hall–Kier alpha value is -3.32. The first-order valence-corrected chi connectivity index (χ1v) is 10.3. The molecule has 1 aliphatic rings. The van der Waals surface area contributed by atoms with E-state index in [0.717, 1.165) is 18.6 Å². The molecule has 0 atom stereocenters. The second-order valence-corrected chi connectivity index (χ2v) is 8.67. The van der Waals surface area contributed by atoms with Crippen LogP contribution in [0.25, 0.3) is 11.0 Å². The van der Waals surface area contributed by atoms with Crippen molar-refractivity contribution < 1.29 is 22.0 Å². The van der Waals surface area contributed by atoms with Crippen LogP contribution in [0.3, 0.4) is 0 Å². The van der Waals surface area contributed by atoms with E-state index in [-0.39, 0.29) is 22.2 Å². The Kier molecular flexibility index (Phi) is 4.55. The second-order valence-electron chi connectivity index (χ2n) is 6.71. The van der Waals surface area contributed by atoms with Crippen molar-refractivity contribution in [3.8, 4) is 6.07 Å². The molecular weight excluding hydrogens is 402 g/mol. The first-order chi connectivity index (χ1) is 13.8. The third-order valence-corrected chi connectivity index (χ3v) is 6.85. The predicted molar refractivity (Wildman–Crippen MR) is 101 cm³/mol. The van der Waals surface area contributed by atoms with Crippen molar-refractivity contribution in [3.63, 3.8) is 0 Å². The minimum absolute atomic E-state index is 0.113. The van der Waals surface area contributed by atoms with Crippen LogP contribution in [0.15, 0.2) is 30.6 Å². The van der Waals surface area contributed by atoms with Gasteiger partial charge in [-0.25, -0.2) is 22.2 Å². The Morgan fingerprint density at radius 1 is 1.28 bits per heavy atom. The van der Waals surface area contributed by atoms with E-state index in [1.165, 1.54) is 18.5 Å². The lowest BCUT2D eigenvalue weighted by atomic mass is 10.00. The van der Waals surface area contributed by atoms with Crippen molar-refractivity contribution in [1.82, 2.24) is 9.97 Å². The molecule has 1 aromatic carbocycles. The quantitative estimate of drug-likeness (QED) is 0.620. The van der Waals surface area contributed by atoms with E-state index >= 15 is 0 Å². The Bertz CT molecular complexity index is 1290. The maximum Gasteiger partial charge on any atom is 0.235 e. The number of aromatic amines is 1. The molecule has 0 bridgehead atoms. The number of nitrogens with zero attached hydrogens (tertiary/aromatic N) is 2. The fraction of sp³-hybridized carbons (Fsp3) is 0.211. The summed E-state index contributed by atoms with van der Waals surface area (Å²) in [7, 11) is -3.84. The molecule has 0 aliphatic heterocycles. The summed E-state index contributed by atoms with van der Waals surface area (Å²) in [5.41, 5.74) is -1.22. The number of benzene rings is 1. The Balaban J connectivity index is 1.80. The summed E-state index contributed by atoms with van der Waals surface area (Å²) in [6, 6.07) is 5.05. The summed E-state index contributed by atoms with van der Waals surface area (Å²) in [5, 5.41) is 8.77. The zero-order chi connectivity index (χ0) is 20.8. The Morgan fingerprint density at radius 3 is 2.69 bits per heavy atom. The topological polar surface area (TPSA) is 116 Å². The largest absolute Gasteiger partial charge is 0.345 e. The van der Waals surface area contributed by atoms with Crippen molar-refractivity contribution in [2.24, 2.45) is 0 Å². The van der Waals surface area contributed by atoms with Crippen LogP contribution in [0.4, 0.5) is 14.5 Å². The maximum absolute atomic E-state index is 15.0. The van der Waals surface area contributed by atoms with Crippen LogP contribution in [0.2, 0.25) is 0 Å². The number of pyridine rings is 1. The zero-order valence-corrected chi connectivity index (χ0v) is 15.7. The van der Waals surface area contributed by atoms with Gasteiger partial charge in [0.05, 0.1) is 33.7 Å². The molecule has 0 amide bonds. The number of ketones is 1. The molecule has 7 nitrogen and oxygen atoms in total. The van der Waals surface area contributed by atoms with Gasteiger partial charge in [-0.3, -0.25) is 9.52 Å². The van der Waals surface area contributed by atoms with Crippen molar-refractivity contribution >= 4 is 32.5 Å². The fourth-order valence-electron chi connectivity index (χ4n) is 3.22. The normalized spacial score (nSPS) is 14.4. The Morgan fingerprint density at radius 2 is 2.03 bits per heavy atom. The highest BCUT2D eigenvalue weighted by atomic mass is 32.2. The van der Waals surface area contributed by atoms with Crippen molar-refractivity contribution in [3.05, 3.63) is 58.9 Å². The summed E-state index contributed by atoms with van der Waals surface area (Å²) < 4.78 is 56.1. The average Bonchev–Trinajstić information content (AvgIpc) is 3.06. The van der Waals surface area contributed by atoms with Gasteiger partial charge >= 0.3 is 0 Å². The number of halogens is 2. The Labute approximate surface area is 164 Å². The molecule has 2 N–H and O–H groups in total. The molecule has 3 aromatic rings. The highest BCUT2D eigenvalue weighted by Gasteiger charge is 2.33. The van der Waals surface area contributed by atoms with Gasteiger partial charge in [-0.2, -0.15) is 5.26 Å². The summed E-state index contributed by atoms with van der Waals surface area (Å²) >= 11 is 0. The van der Waals surface area contributed by atoms with Crippen LogP contribution >= 0.6 is 0 Å². The van der Waals surface area contributed by atoms with Crippen LogP contribution in [-0.2, 0) is 10.0 Å². The minimum Gasteiger partial charge on any atom is -0.345 e. The lowest BCUT2D eigenvalue weighted by Crippen LogP contribution is -2.33. The summed E-state index contributed by atoms with van der Waals surface area (Å²) in [5.74, 6) is -3.48. The molecular formula is C19H14F2N4O3S. The number of fused-ring (bicyclic) bond motifs is 1. The first-order valence-electron chi connectivity index (χ1n) is 8.74. The predicted octanol–water partition coefficient (Wildman–Crippen LogP) is 3.24. The van der Waals surface area contributed by atoms with Gasteiger partial charge in [-0.1, -0.05) is 6.42 Å². The summed E-state index contributed by atoms with van der Waals surface area (Å²) in [6.45, 7) is 0. The lowest BCUT2D eigenvalue weighted by Gasteiger charge is -2.25. The number of rotatable bonds is 5. The minimum atomic E-state index is -3.84. The van der Waals surface area contributed by atoms with E-state index in [9.17, 15) is 27.3 Å². The summed E-state index contributed by atoms with van der Waals surface area (Å²) in [4.78, 5) is 19.6. The van der Waals surface area contributed by atoms with Gasteiger partial charge in [0.1, 0.15) is 11.5 Å². The van der Waals surface area contributed by atoms with E-state index in [0.29, 0.717) is 12.8 Å². The standard InChI is InChI=1S/C19H14F2N4O3S/c20-13-4-5-14(25-29(27,28)11-2-1-3-11)17(21)16(13)18(26)12-9-24-19-15(12)10(8-22)6-7-23-19/h4-7,9,11,25H,1-3H2,(H,23,24). The lowest BCUT2D eigenvalue weighted by molar-refractivity contribution is 0.103. The number of anilines is 1. The molecule has 1 saturated carbocycles. The molecule has 0 spiro atoms. The maximum atomic E-state index is 15.0. The van der Waals surface area contributed by atoms with Crippen molar-refractivity contribution in [1.29, 1.82) is 5.26 Å². The monoisotopic (exact) mass is 416 g/mol. The van der Waals surface area contributed by atoms with Crippen molar-refractivity contribution in [2.75, 3.05) is 4.72 Å². The van der Waals surface area contributed by atoms with Gasteiger partial charge in [0.15, 0.2) is 5.82 Å². The van der Waals surface area contributed by atoms with E-state index in [2.05, 4.69) is 14.7 Å². The molecule has 29 heavy (non-hydrogen) atoms. The number of hydrogen-bond acceptors (Lipinski definition) is 5. The molecule has 0 unspecified atom stereocenters. The number of carbonyl (C=O) groups is 1. The van der Waals surface area contributed by atoms with Gasteiger partial charge in [0, 0.05) is 17.8 Å². The zero-order valence-electron chi connectivity index (χ0n) is 14.9. The molecule has 0 saturated heterocycles. The number of nitrogens with one attached hydrogen (secondary N) is 2. The van der Waals surface area contributed by atoms with Crippen LogP contribution in [0, 0.1) is 23.0 Å². The SMILES string of the molecule is N#Cc1ccnc2[nH]cc(C(=O)c3c(F)ccc(NS(=O)(=O)C4CCC4)c3F)c12. The first kappa shape index (κ1) is 19.0. The number of aromatic nitrogens is 2. The number of sulfonamides is 1. The molecule has 0 radical (unpaired) electrons. The smallest absolute Gasteiger partial charge is 0.235 e. The highest BCUT2D eigenvalue weighted by Crippen LogP contribution is 2.31. The van der Waals surface area contributed by atoms with E-state index in [1.54, 1.807) is 0 Å². The number of hydrogen-bond donors (Lipinski definition) is 2. The molecule has 148 valence electrons. The van der Waals surface area contributed by atoms with Gasteiger partial charge < -0.3 is 4.98 Å². The molecule has 4 rings (SSSR count). The van der Waals surface area contributed by atoms with E-state index in [1.807, 2.05) is 6.07 Å². The second kappa shape index (κ2) is 6.93. The van der Waals surface area contributed by atoms with E-state index in [4.69, 9.17) is 0 Å². The molecule has 1 aliphatic carbocycles. The van der Waals surface area contributed by atoms with Gasteiger partial charge in [0.2, 0.25) is 15.8 Å². The number of carbonyl (C=O) groups excluding carboxylic acids is 1. The molecule has 2 aromatic heterocycles. The summed E-state index contributed by atoms with van der Waals surface area (Å²) in [6.07, 6.45) is 4.26. The third kappa shape index (κ3) is 3.13. The third-order valence-electron chi connectivity index (χ3n) is 5.00. The number of nitriles is 1. The highest BCUT2D eigenvalue weighted by molar-refractivity contribution is 7.93. The van der Waals surface area contributed by atoms with E-state index < -0.39 is 43.9 Å². The van der Waals surface area contributed by atoms with Gasteiger partial charge in [0.25, 0.3) is 0 Å². The van der Waals surface area contributed by atoms with Crippen LogP contribution < -0.4 is 4.72 Å². The van der Waals surface area contributed by atoms with Crippen LogP contribution in [-0.4, -0.2) is 29.4 Å². The van der Waals surface area contributed by atoms with Crippen LogP contribution in [0.1, 0.15) is 40.7 Å². The van der Waals surface area contributed by atoms with Crippen LogP contribution in [0.5, 0.6) is 0 Å². The molecule has 1 fully saturated rings. The van der Waals surface area contributed by atoms with Crippen molar-refractivity contribution in [2.45, 2.75) is 24.5 Å². The molecule has 10 heteroatoms.